The standard InChI is InChI=1S/C18H24N6O4/c1-10(9-25)11(2)24(20)18-21-8-15(16(19)26)17(23-18)22-12-5-13(27-3)7-14(6-12)28-4/h5-11H,20H2,1-4H3,(H2,19,26)(H,21,22,23)/t10?,11-/m1/s1. The van der Waals surface area contributed by atoms with Gasteiger partial charge < -0.3 is 25.3 Å². The highest BCUT2D eigenvalue weighted by molar-refractivity contribution is 5.98. The van der Waals surface area contributed by atoms with Crippen molar-refractivity contribution in [2.45, 2.75) is 19.9 Å². The lowest BCUT2D eigenvalue weighted by molar-refractivity contribution is -0.111. The number of nitrogens with zero attached hydrogens (tertiary/aromatic N) is 3. The maximum absolute atomic E-state index is 11.8. The predicted molar refractivity (Wildman–Crippen MR) is 105 cm³/mol. The number of benzene rings is 1. The quantitative estimate of drug-likeness (QED) is 0.328. The van der Waals surface area contributed by atoms with Crippen LogP contribution >= 0.6 is 0 Å². The molecule has 1 heterocycles. The summed E-state index contributed by atoms with van der Waals surface area (Å²) in [6, 6.07) is 4.75. The Morgan fingerprint density at radius 3 is 2.32 bits per heavy atom. The molecule has 150 valence electrons. The molecule has 0 saturated carbocycles. The maximum atomic E-state index is 11.8. The number of nitrogens with one attached hydrogen (secondary N) is 1. The first-order valence-electron chi connectivity index (χ1n) is 8.46. The third-order valence-corrected chi connectivity index (χ3v) is 4.30. The fraction of sp³-hybridized carbons (Fsp3) is 0.333. The van der Waals surface area contributed by atoms with Gasteiger partial charge in [0.2, 0.25) is 5.95 Å². The highest BCUT2D eigenvalue weighted by atomic mass is 16.5. The van der Waals surface area contributed by atoms with E-state index in [1.54, 1.807) is 32.0 Å². The largest absolute Gasteiger partial charge is 0.497 e. The number of ether oxygens (including phenoxy) is 2. The van der Waals surface area contributed by atoms with Gasteiger partial charge in [-0.15, -0.1) is 0 Å². The Hall–Kier alpha value is -3.40. The highest BCUT2D eigenvalue weighted by Crippen LogP contribution is 2.29. The van der Waals surface area contributed by atoms with Crippen molar-refractivity contribution in [3.05, 3.63) is 30.0 Å². The average molecular weight is 388 g/mol. The summed E-state index contributed by atoms with van der Waals surface area (Å²) in [6.45, 7) is 3.50. The number of nitrogens with two attached hydrogens (primary N) is 2. The van der Waals surface area contributed by atoms with Gasteiger partial charge in [0.1, 0.15) is 29.2 Å². The van der Waals surface area contributed by atoms with Crippen molar-refractivity contribution in [3.8, 4) is 11.5 Å². The van der Waals surface area contributed by atoms with E-state index in [1.807, 2.05) is 0 Å². The molecule has 2 atom stereocenters. The van der Waals surface area contributed by atoms with Crippen LogP contribution in [-0.2, 0) is 4.79 Å². The van der Waals surface area contributed by atoms with E-state index in [-0.39, 0.29) is 29.3 Å². The van der Waals surface area contributed by atoms with Crippen LogP contribution in [-0.4, -0.2) is 42.4 Å². The van der Waals surface area contributed by atoms with E-state index in [4.69, 9.17) is 21.1 Å². The van der Waals surface area contributed by atoms with Crippen molar-refractivity contribution < 1.29 is 19.1 Å². The fourth-order valence-electron chi connectivity index (χ4n) is 2.34. The second-order valence-corrected chi connectivity index (χ2v) is 6.17. The number of hydrazine groups is 1. The SMILES string of the molecule is COc1cc(Nc2nc(N(N)[C@H](C)C(C)C=O)ncc2C(N)=O)cc(OC)c1. The van der Waals surface area contributed by atoms with Gasteiger partial charge in [-0.05, 0) is 6.92 Å². The molecule has 1 aromatic heterocycles. The number of amides is 1. The zero-order valence-electron chi connectivity index (χ0n) is 16.2. The average Bonchev–Trinajstić information content (AvgIpc) is 2.71. The minimum atomic E-state index is -0.707. The molecule has 1 unspecified atom stereocenters. The Morgan fingerprint density at radius 2 is 1.82 bits per heavy atom. The Kier molecular flexibility index (Phi) is 6.72. The number of primary amides is 1. The van der Waals surface area contributed by atoms with E-state index in [9.17, 15) is 9.59 Å². The summed E-state index contributed by atoms with van der Waals surface area (Å²) in [5, 5.41) is 4.28. The van der Waals surface area contributed by atoms with E-state index >= 15 is 0 Å². The predicted octanol–water partition coefficient (Wildman–Crippen LogP) is 1.24. The molecule has 0 fully saturated rings. The molecule has 2 aromatic rings. The first-order valence-corrected chi connectivity index (χ1v) is 8.46. The zero-order chi connectivity index (χ0) is 20.8. The minimum Gasteiger partial charge on any atom is -0.497 e. The Balaban J connectivity index is 2.44. The maximum Gasteiger partial charge on any atom is 0.254 e. The van der Waals surface area contributed by atoms with Gasteiger partial charge >= 0.3 is 0 Å². The summed E-state index contributed by atoms with van der Waals surface area (Å²) >= 11 is 0. The third-order valence-electron chi connectivity index (χ3n) is 4.30. The van der Waals surface area contributed by atoms with Crippen molar-refractivity contribution in [2.24, 2.45) is 17.5 Å². The number of hydrogen-bond acceptors (Lipinski definition) is 9. The van der Waals surface area contributed by atoms with E-state index in [0.29, 0.717) is 17.2 Å². The lowest BCUT2D eigenvalue weighted by Gasteiger charge is -2.26. The van der Waals surface area contributed by atoms with Crippen molar-refractivity contribution in [1.29, 1.82) is 0 Å². The Labute approximate surface area is 162 Å². The first-order chi connectivity index (χ1) is 13.3. The molecular weight excluding hydrogens is 364 g/mol. The van der Waals surface area contributed by atoms with E-state index in [0.717, 1.165) is 6.29 Å². The topological polar surface area (TPSA) is 146 Å². The molecule has 0 saturated heterocycles. The number of methoxy groups -OCH3 is 2. The van der Waals surface area contributed by atoms with Gasteiger partial charge in [-0.2, -0.15) is 4.98 Å². The minimum absolute atomic E-state index is 0.0787. The van der Waals surface area contributed by atoms with Crippen LogP contribution < -0.4 is 31.4 Å². The van der Waals surface area contributed by atoms with Gasteiger partial charge in [0.05, 0.1) is 20.3 Å². The number of aromatic nitrogens is 2. The molecule has 10 heteroatoms. The summed E-state index contributed by atoms with van der Waals surface area (Å²) in [4.78, 5) is 31.2. The number of carbonyl (C=O) groups excluding carboxylic acids is 2. The van der Waals surface area contributed by atoms with Gasteiger partial charge in [-0.25, -0.2) is 10.8 Å². The van der Waals surface area contributed by atoms with Crippen molar-refractivity contribution in [1.82, 2.24) is 9.97 Å². The molecule has 10 nitrogen and oxygen atoms in total. The molecule has 1 aromatic carbocycles. The van der Waals surface area contributed by atoms with Crippen LogP contribution in [0.15, 0.2) is 24.4 Å². The first kappa shape index (κ1) is 20.9. The second kappa shape index (κ2) is 9.00. The van der Waals surface area contributed by atoms with Crippen LogP contribution in [0.5, 0.6) is 11.5 Å². The summed E-state index contributed by atoms with van der Waals surface area (Å²) in [5.74, 6) is 6.39. The van der Waals surface area contributed by atoms with Crippen molar-refractivity contribution in [2.75, 3.05) is 24.5 Å². The van der Waals surface area contributed by atoms with Crippen molar-refractivity contribution in [3.63, 3.8) is 0 Å². The van der Waals surface area contributed by atoms with Gasteiger partial charge in [0, 0.05) is 36.0 Å². The Bertz CT molecular complexity index is 838. The molecule has 1 amide bonds. The molecule has 5 N–H and O–H groups in total. The molecule has 2 rings (SSSR count). The summed E-state index contributed by atoms with van der Waals surface area (Å²) in [7, 11) is 3.05. The molecule has 0 bridgehead atoms. The van der Waals surface area contributed by atoms with Gasteiger partial charge in [0.15, 0.2) is 0 Å². The summed E-state index contributed by atoms with van der Waals surface area (Å²) in [5.41, 5.74) is 6.07. The lowest BCUT2D eigenvalue weighted by Crippen LogP contribution is -2.44. The number of rotatable bonds is 9. The second-order valence-electron chi connectivity index (χ2n) is 6.17. The Morgan fingerprint density at radius 1 is 1.21 bits per heavy atom. The number of carbonyl (C=O) groups is 2. The van der Waals surface area contributed by atoms with Gasteiger partial charge in [-0.1, -0.05) is 6.92 Å². The summed E-state index contributed by atoms with van der Waals surface area (Å²) in [6.07, 6.45) is 2.08. The number of hydrogen-bond donors (Lipinski definition) is 3. The third kappa shape index (κ3) is 4.65. The molecular formula is C18H24N6O4. The molecule has 0 spiro atoms. The highest BCUT2D eigenvalue weighted by Gasteiger charge is 2.22. The molecule has 0 aliphatic rings. The molecule has 0 radical (unpaired) electrons. The van der Waals surface area contributed by atoms with Crippen LogP contribution in [0.2, 0.25) is 0 Å². The van der Waals surface area contributed by atoms with E-state index in [2.05, 4.69) is 15.3 Å². The van der Waals surface area contributed by atoms with Gasteiger partial charge in [-0.3, -0.25) is 9.80 Å². The molecule has 0 aliphatic carbocycles. The molecule has 28 heavy (non-hydrogen) atoms. The summed E-state index contributed by atoms with van der Waals surface area (Å²) < 4.78 is 10.5. The smallest absolute Gasteiger partial charge is 0.254 e. The zero-order valence-corrected chi connectivity index (χ0v) is 16.2. The number of aldehydes is 1. The fourth-order valence-corrected chi connectivity index (χ4v) is 2.34. The monoisotopic (exact) mass is 388 g/mol. The van der Waals surface area contributed by atoms with Crippen LogP contribution in [0.1, 0.15) is 24.2 Å². The van der Waals surface area contributed by atoms with Gasteiger partial charge in [0.25, 0.3) is 5.91 Å². The van der Waals surface area contributed by atoms with Crippen LogP contribution in [0, 0.1) is 5.92 Å². The normalized spacial score (nSPS) is 12.6. The van der Waals surface area contributed by atoms with Crippen LogP contribution in [0.4, 0.5) is 17.5 Å². The van der Waals surface area contributed by atoms with E-state index in [1.165, 1.54) is 25.4 Å². The van der Waals surface area contributed by atoms with Crippen molar-refractivity contribution >= 4 is 29.6 Å². The van der Waals surface area contributed by atoms with E-state index < -0.39 is 5.91 Å². The number of anilines is 3. The van der Waals surface area contributed by atoms with Crippen LogP contribution in [0.3, 0.4) is 0 Å². The molecule has 0 aliphatic heterocycles. The van der Waals surface area contributed by atoms with Crippen LogP contribution in [0.25, 0.3) is 0 Å². The lowest BCUT2D eigenvalue weighted by atomic mass is 10.1.